The molecule has 0 aliphatic heterocycles. The highest BCUT2D eigenvalue weighted by Gasteiger charge is 2.15. The van der Waals surface area contributed by atoms with Gasteiger partial charge >= 0.3 is 0 Å². The van der Waals surface area contributed by atoms with Crippen molar-refractivity contribution in [3.05, 3.63) is 118 Å². The van der Waals surface area contributed by atoms with Crippen LogP contribution < -0.4 is 10.3 Å². The zero-order chi connectivity index (χ0) is 21.5. The molecule has 4 rings (SSSR count). The maximum Gasteiger partial charge on any atom is 0.254 e. The Bertz CT molecular complexity index is 1190. The second-order valence-electron chi connectivity index (χ2n) is 7.23. The Labute approximate surface area is 181 Å². The summed E-state index contributed by atoms with van der Waals surface area (Å²) in [5.74, 6) is 1.14. The van der Waals surface area contributed by atoms with Crippen molar-refractivity contribution in [1.82, 2.24) is 9.55 Å². The number of benzene rings is 3. The van der Waals surface area contributed by atoms with Gasteiger partial charge in [0.15, 0.2) is 0 Å². The number of aryl methyl sites for hydroxylation is 1. The Morgan fingerprint density at radius 1 is 0.839 bits per heavy atom. The topological polar surface area (TPSA) is 64.3 Å². The van der Waals surface area contributed by atoms with E-state index >= 15 is 0 Å². The third-order valence-corrected chi connectivity index (χ3v) is 5.06. The number of aliphatic hydroxyl groups excluding tert-OH is 1. The Morgan fingerprint density at radius 2 is 1.48 bits per heavy atom. The van der Waals surface area contributed by atoms with Gasteiger partial charge in [-0.1, -0.05) is 72.8 Å². The highest BCUT2D eigenvalue weighted by molar-refractivity contribution is 5.64. The summed E-state index contributed by atoms with van der Waals surface area (Å²) in [7, 11) is 0. The fraction of sp³-hybridized carbons (Fsp3) is 0.154. The van der Waals surface area contributed by atoms with Gasteiger partial charge in [0, 0.05) is 12.6 Å². The Morgan fingerprint density at radius 3 is 2.19 bits per heavy atom. The van der Waals surface area contributed by atoms with Crippen LogP contribution in [-0.2, 0) is 26.2 Å². The Kier molecular flexibility index (Phi) is 6.55. The lowest BCUT2D eigenvalue weighted by Crippen LogP contribution is -2.25. The molecule has 0 spiro atoms. The first-order chi connectivity index (χ1) is 15.2. The number of aromatic nitrogens is 2. The number of rotatable bonds is 8. The van der Waals surface area contributed by atoms with Crippen LogP contribution in [0.15, 0.2) is 95.8 Å². The van der Waals surface area contributed by atoms with Crippen LogP contribution in [0.2, 0.25) is 0 Å². The van der Waals surface area contributed by atoms with E-state index in [1.165, 1.54) is 6.07 Å². The lowest BCUT2D eigenvalue weighted by Gasteiger charge is -2.16. The first-order valence-electron chi connectivity index (χ1n) is 10.3. The van der Waals surface area contributed by atoms with Crippen molar-refractivity contribution in [2.24, 2.45) is 0 Å². The van der Waals surface area contributed by atoms with Crippen LogP contribution >= 0.6 is 0 Å². The van der Waals surface area contributed by atoms with Gasteiger partial charge in [0.05, 0.1) is 17.9 Å². The van der Waals surface area contributed by atoms with E-state index in [2.05, 4.69) is 4.98 Å². The third kappa shape index (κ3) is 5.08. The summed E-state index contributed by atoms with van der Waals surface area (Å²) in [5, 5.41) is 9.61. The zero-order valence-corrected chi connectivity index (χ0v) is 17.1. The van der Waals surface area contributed by atoms with Crippen molar-refractivity contribution in [3.8, 4) is 17.1 Å². The number of ether oxygens (including phenoxy) is 1. The number of nitrogens with zero attached hydrogens (tertiary/aromatic N) is 2. The van der Waals surface area contributed by atoms with Crippen LogP contribution in [0.3, 0.4) is 0 Å². The monoisotopic (exact) mass is 412 g/mol. The highest BCUT2D eigenvalue weighted by Crippen LogP contribution is 2.29. The van der Waals surface area contributed by atoms with E-state index in [0.29, 0.717) is 36.8 Å². The largest absolute Gasteiger partial charge is 0.488 e. The minimum absolute atomic E-state index is 0.192. The van der Waals surface area contributed by atoms with Gasteiger partial charge in [-0.15, -0.1) is 0 Å². The summed E-state index contributed by atoms with van der Waals surface area (Å²) in [6, 6.07) is 28.9. The molecule has 156 valence electrons. The van der Waals surface area contributed by atoms with E-state index < -0.39 is 0 Å². The minimum atomic E-state index is -0.297. The van der Waals surface area contributed by atoms with Crippen LogP contribution in [0.5, 0.6) is 5.75 Å². The molecule has 3 aromatic carbocycles. The SMILES string of the molecule is O=c1cc(CO)nc(-c2ccccc2OCc2ccccc2)n1CCc1ccccc1. The van der Waals surface area contributed by atoms with Gasteiger partial charge in [-0.05, 0) is 29.7 Å². The standard InChI is InChI=1S/C26H24N2O3/c29-18-22-17-25(30)28(16-15-20-9-3-1-4-10-20)26(27-22)23-13-7-8-14-24(23)31-19-21-11-5-2-6-12-21/h1-14,17,29H,15-16,18-19H2. The van der Waals surface area contributed by atoms with Crippen LogP contribution in [0, 0.1) is 0 Å². The van der Waals surface area contributed by atoms with Crippen molar-refractivity contribution in [2.75, 3.05) is 0 Å². The summed E-state index contributed by atoms with van der Waals surface area (Å²) in [5.41, 5.74) is 3.06. The molecule has 0 radical (unpaired) electrons. The van der Waals surface area contributed by atoms with Gasteiger partial charge < -0.3 is 9.84 Å². The molecule has 0 amide bonds. The van der Waals surface area contributed by atoms with Crippen LogP contribution in [0.1, 0.15) is 16.8 Å². The molecule has 5 nitrogen and oxygen atoms in total. The number of hydrogen-bond donors (Lipinski definition) is 1. The Hall–Kier alpha value is -3.70. The lowest BCUT2D eigenvalue weighted by atomic mass is 10.1. The van der Waals surface area contributed by atoms with Gasteiger partial charge in [0.1, 0.15) is 18.2 Å². The highest BCUT2D eigenvalue weighted by atomic mass is 16.5. The molecule has 0 saturated heterocycles. The van der Waals surface area contributed by atoms with Crippen molar-refractivity contribution in [2.45, 2.75) is 26.2 Å². The molecule has 0 fully saturated rings. The molecule has 1 N–H and O–H groups in total. The number of hydrogen-bond acceptors (Lipinski definition) is 4. The predicted octanol–water partition coefficient (Wildman–Crippen LogP) is 4.22. The molecule has 1 heterocycles. The molecular weight excluding hydrogens is 388 g/mol. The fourth-order valence-electron chi connectivity index (χ4n) is 3.45. The maximum absolute atomic E-state index is 12.9. The third-order valence-electron chi connectivity index (χ3n) is 5.06. The van der Waals surface area contributed by atoms with Gasteiger partial charge in [0.25, 0.3) is 5.56 Å². The van der Waals surface area contributed by atoms with E-state index in [-0.39, 0.29) is 12.2 Å². The summed E-state index contributed by atoms with van der Waals surface area (Å²) < 4.78 is 7.74. The summed E-state index contributed by atoms with van der Waals surface area (Å²) in [6.45, 7) is 0.588. The number of aliphatic hydroxyl groups is 1. The summed E-state index contributed by atoms with van der Waals surface area (Å²) >= 11 is 0. The van der Waals surface area contributed by atoms with Crippen molar-refractivity contribution >= 4 is 0 Å². The molecule has 0 unspecified atom stereocenters. The van der Waals surface area contributed by atoms with Crippen molar-refractivity contribution in [3.63, 3.8) is 0 Å². The van der Waals surface area contributed by atoms with E-state index in [1.54, 1.807) is 4.57 Å². The molecule has 5 heteroatoms. The first-order valence-corrected chi connectivity index (χ1v) is 10.3. The zero-order valence-electron chi connectivity index (χ0n) is 17.1. The van der Waals surface area contributed by atoms with Crippen molar-refractivity contribution < 1.29 is 9.84 Å². The molecular formula is C26H24N2O3. The van der Waals surface area contributed by atoms with E-state index in [1.807, 2.05) is 84.9 Å². The van der Waals surface area contributed by atoms with E-state index in [0.717, 1.165) is 16.7 Å². The maximum atomic E-state index is 12.9. The van der Waals surface area contributed by atoms with E-state index in [4.69, 9.17) is 4.74 Å². The molecule has 4 aromatic rings. The normalized spacial score (nSPS) is 10.7. The smallest absolute Gasteiger partial charge is 0.254 e. The quantitative estimate of drug-likeness (QED) is 0.471. The van der Waals surface area contributed by atoms with Gasteiger partial charge in [-0.2, -0.15) is 0 Å². The Balaban J connectivity index is 1.69. The second kappa shape index (κ2) is 9.87. The minimum Gasteiger partial charge on any atom is -0.488 e. The van der Waals surface area contributed by atoms with Crippen molar-refractivity contribution in [1.29, 1.82) is 0 Å². The van der Waals surface area contributed by atoms with Crippen LogP contribution in [-0.4, -0.2) is 14.7 Å². The average Bonchev–Trinajstić information content (AvgIpc) is 2.83. The van der Waals surface area contributed by atoms with Crippen LogP contribution in [0.4, 0.5) is 0 Å². The molecule has 0 aliphatic rings. The lowest BCUT2D eigenvalue weighted by molar-refractivity contribution is 0.276. The molecule has 0 atom stereocenters. The van der Waals surface area contributed by atoms with Gasteiger partial charge in [0.2, 0.25) is 0 Å². The molecule has 1 aromatic heterocycles. The molecule has 0 saturated carbocycles. The molecule has 0 aliphatic carbocycles. The first kappa shape index (κ1) is 20.6. The van der Waals surface area contributed by atoms with E-state index in [9.17, 15) is 9.90 Å². The second-order valence-corrected chi connectivity index (χ2v) is 7.23. The predicted molar refractivity (Wildman–Crippen MR) is 121 cm³/mol. The average molecular weight is 412 g/mol. The summed E-state index contributed by atoms with van der Waals surface area (Å²) in [6.07, 6.45) is 0.695. The van der Waals surface area contributed by atoms with Crippen LogP contribution in [0.25, 0.3) is 11.4 Å². The summed E-state index contributed by atoms with van der Waals surface area (Å²) in [4.78, 5) is 17.5. The van der Waals surface area contributed by atoms with Gasteiger partial charge in [-0.3, -0.25) is 9.36 Å². The molecule has 31 heavy (non-hydrogen) atoms. The number of para-hydroxylation sites is 1. The fourth-order valence-corrected chi connectivity index (χ4v) is 3.45. The molecule has 0 bridgehead atoms. The van der Waals surface area contributed by atoms with Gasteiger partial charge in [-0.25, -0.2) is 4.98 Å².